The van der Waals surface area contributed by atoms with Crippen LogP contribution in [0.3, 0.4) is 0 Å². The Morgan fingerprint density at radius 1 is 1.36 bits per heavy atom. The van der Waals surface area contributed by atoms with E-state index in [1.54, 1.807) is 0 Å². The van der Waals surface area contributed by atoms with E-state index in [2.05, 4.69) is 43.0 Å². The van der Waals surface area contributed by atoms with Crippen LogP contribution in [0.2, 0.25) is 0 Å². The van der Waals surface area contributed by atoms with E-state index in [4.69, 9.17) is 0 Å². The number of benzene rings is 1. The number of nitrogens with one attached hydrogen (secondary N) is 1. The number of hydrogen-bond acceptors (Lipinski definition) is 3. The molecule has 0 radical (unpaired) electrons. The Balaban J connectivity index is 1.63. The molecule has 1 amide bonds. The summed E-state index contributed by atoms with van der Waals surface area (Å²) in [5, 5.41) is 8.17. The third kappa shape index (κ3) is 2.25. The molecule has 2 aromatic rings. The largest absolute Gasteiger partial charge is 0.334 e. The fourth-order valence-electron chi connectivity index (χ4n) is 3.91. The Hall–Kier alpha value is -1.40. The van der Waals surface area contributed by atoms with Crippen molar-refractivity contribution >= 4 is 32.7 Å². The molecular weight excluding hydrogens is 344 g/mol. The molecule has 0 aliphatic carbocycles. The van der Waals surface area contributed by atoms with Gasteiger partial charge in [-0.3, -0.25) is 9.89 Å². The van der Waals surface area contributed by atoms with Gasteiger partial charge in [-0.2, -0.15) is 5.10 Å². The summed E-state index contributed by atoms with van der Waals surface area (Å²) in [5.41, 5.74) is 1.46. The van der Waals surface area contributed by atoms with E-state index < -0.39 is 0 Å². The molecule has 116 valence electrons. The summed E-state index contributed by atoms with van der Waals surface area (Å²) in [5.74, 6) is 0.688. The standard InChI is InChI=1S/C16H19BrN4O/c1-20-6-5-14-10(9-20)4-7-21(14)16(22)15-12-3-2-11(17)8-13(12)18-19-15/h2-3,8,10,14H,4-7,9H2,1H3,(H,18,19)/t10-,14+/m0/s1. The maximum atomic E-state index is 13.0. The number of aromatic amines is 1. The van der Waals surface area contributed by atoms with Crippen molar-refractivity contribution in [3.63, 3.8) is 0 Å². The van der Waals surface area contributed by atoms with E-state index in [-0.39, 0.29) is 5.91 Å². The first kappa shape index (κ1) is 14.2. The third-order valence-electron chi connectivity index (χ3n) is 5.03. The average molecular weight is 363 g/mol. The number of hydrogen-bond donors (Lipinski definition) is 1. The van der Waals surface area contributed by atoms with Crippen molar-refractivity contribution in [1.82, 2.24) is 20.0 Å². The van der Waals surface area contributed by atoms with Gasteiger partial charge in [0.1, 0.15) is 0 Å². The Kier molecular flexibility index (Phi) is 3.46. The fraction of sp³-hybridized carbons (Fsp3) is 0.500. The Morgan fingerprint density at radius 2 is 2.23 bits per heavy atom. The molecule has 1 N–H and O–H groups in total. The molecule has 22 heavy (non-hydrogen) atoms. The van der Waals surface area contributed by atoms with Crippen LogP contribution in [0.15, 0.2) is 22.7 Å². The average Bonchev–Trinajstić information content (AvgIpc) is 3.09. The van der Waals surface area contributed by atoms with Gasteiger partial charge in [0.2, 0.25) is 0 Å². The molecule has 0 saturated carbocycles. The number of piperidine rings is 1. The van der Waals surface area contributed by atoms with E-state index in [1.165, 1.54) is 0 Å². The number of fused-ring (bicyclic) bond motifs is 2. The van der Waals surface area contributed by atoms with Gasteiger partial charge in [0.05, 0.1) is 5.52 Å². The van der Waals surface area contributed by atoms with Crippen molar-refractivity contribution in [3.8, 4) is 0 Å². The third-order valence-corrected chi connectivity index (χ3v) is 5.52. The summed E-state index contributed by atoms with van der Waals surface area (Å²) in [4.78, 5) is 17.4. The van der Waals surface area contributed by atoms with Crippen LogP contribution in [0.5, 0.6) is 0 Å². The second-order valence-corrected chi connectivity index (χ2v) is 7.34. The number of amides is 1. The molecular formula is C16H19BrN4O. The van der Waals surface area contributed by atoms with Crippen molar-refractivity contribution in [2.24, 2.45) is 5.92 Å². The number of rotatable bonds is 1. The molecule has 2 atom stereocenters. The molecule has 2 fully saturated rings. The molecule has 1 aromatic carbocycles. The smallest absolute Gasteiger partial charge is 0.275 e. The van der Waals surface area contributed by atoms with Gasteiger partial charge in [-0.15, -0.1) is 0 Å². The van der Waals surface area contributed by atoms with E-state index in [0.29, 0.717) is 17.7 Å². The SMILES string of the molecule is CN1CC[C@@H]2[C@@H](CCN2C(=O)c2n[nH]c3cc(Br)ccc23)C1. The lowest BCUT2D eigenvalue weighted by molar-refractivity contribution is 0.0643. The lowest BCUT2D eigenvalue weighted by Crippen LogP contribution is -2.46. The number of likely N-dealkylation sites (tertiary alicyclic amines) is 2. The van der Waals surface area contributed by atoms with Crippen LogP contribution in [0.25, 0.3) is 10.9 Å². The van der Waals surface area contributed by atoms with E-state index >= 15 is 0 Å². The zero-order valence-corrected chi connectivity index (χ0v) is 14.1. The maximum Gasteiger partial charge on any atom is 0.275 e. The second-order valence-electron chi connectivity index (χ2n) is 6.43. The van der Waals surface area contributed by atoms with Crippen LogP contribution >= 0.6 is 15.9 Å². The van der Waals surface area contributed by atoms with Gasteiger partial charge in [0.25, 0.3) is 5.91 Å². The highest BCUT2D eigenvalue weighted by Crippen LogP contribution is 2.32. The van der Waals surface area contributed by atoms with Gasteiger partial charge >= 0.3 is 0 Å². The van der Waals surface area contributed by atoms with E-state index in [9.17, 15) is 4.79 Å². The molecule has 6 heteroatoms. The highest BCUT2D eigenvalue weighted by molar-refractivity contribution is 9.10. The zero-order chi connectivity index (χ0) is 15.3. The summed E-state index contributed by atoms with van der Waals surface area (Å²) < 4.78 is 0.985. The first-order valence-corrected chi connectivity index (χ1v) is 8.56. The number of carbonyl (C=O) groups is 1. The highest BCUT2D eigenvalue weighted by atomic mass is 79.9. The van der Waals surface area contributed by atoms with Crippen molar-refractivity contribution in [2.75, 3.05) is 26.7 Å². The van der Waals surface area contributed by atoms with Crippen LogP contribution < -0.4 is 0 Å². The predicted octanol–water partition coefficient (Wildman–Crippen LogP) is 2.49. The molecule has 3 heterocycles. The molecule has 0 bridgehead atoms. The first-order valence-electron chi connectivity index (χ1n) is 7.76. The molecule has 0 unspecified atom stereocenters. The quantitative estimate of drug-likeness (QED) is 0.847. The Labute approximate surface area is 137 Å². The van der Waals surface area contributed by atoms with Crippen LogP contribution in [0.4, 0.5) is 0 Å². The predicted molar refractivity (Wildman–Crippen MR) is 88.8 cm³/mol. The Morgan fingerprint density at radius 3 is 3.09 bits per heavy atom. The lowest BCUT2D eigenvalue weighted by atomic mass is 9.93. The number of nitrogens with zero attached hydrogens (tertiary/aromatic N) is 3. The molecule has 4 rings (SSSR count). The molecule has 1 aromatic heterocycles. The van der Waals surface area contributed by atoms with Crippen LogP contribution in [-0.4, -0.2) is 58.6 Å². The van der Waals surface area contributed by atoms with Crippen molar-refractivity contribution in [2.45, 2.75) is 18.9 Å². The molecule has 2 saturated heterocycles. The summed E-state index contributed by atoms with van der Waals surface area (Å²) in [7, 11) is 2.17. The maximum absolute atomic E-state index is 13.0. The van der Waals surface area contributed by atoms with Gasteiger partial charge in [0, 0.05) is 29.0 Å². The first-order chi connectivity index (χ1) is 10.6. The minimum Gasteiger partial charge on any atom is -0.334 e. The van der Waals surface area contributed by atoms with E-state index in [0.717, 1.165) is 47.9 Å². The van der Waals surface area contributed by atoms with Crippen LogP contribution in [0, 0.1) is 5.92 Å². The monoisotopic (exact) mass is 362 g/mol. The van der Waals surface area contributed by atoms with E-state index in [1.807, 2.05) is 18.2 Å². The van der Waals surface area contributed by atoms with Gasteiger partial charge in [-0.05, 0) is 50.6 Å². The summed E-state index contributed by atoms with van der Waals surface area (Å²) in [6, 6.07) is 6.25. The second kappa shape index (κ2) is 5.35. The lowest BCUT2D eigenvalue weighted by Gasteiger charge is -2.35. The number of carbonyl (C=O) groups excluding carboxylic acids is 1. The minimum absolute atomic E-state index is 0.0747. The van der Waals surface area contributed by atoms with Gasteiger partial charge in [-0.25, -0.2) is 0 Å². The molecule has 2 aliphatic heterocycles. The highest BCUT2D eigenvalue weighted by Gasteiger charge is 2.40. The topological polar surface area (TPSA) is 52.2 Å². The molecule has 2 aliphatic rings. The van der Waals surface area contributed by atoms with Crippen molar-refractivity contribution in [1.29, 1.82) is 0 Å². The minimum atomic E-state index is 0.0747. The fourth-order valence-corrected chi connectivity index (χ4v) is 4.27. The number of halogens is 1. The van der Waals surface area contributed by atoms with Crippen molar-refractivity contribution in [3.05, 3.63) is 28.4 Å². The van der Waals surface area contributed by atoms with Crippen molar-refractivity contribution < 1.29 is 4.79 Å². The zero-order valence-electron chi connectivity index (χ0n) is 12.6. The summed E-state index contributed by atoms with van der Waals surface area (Å²) in [6.45, 7) is 3.02. The van der Waals surface area contributed by atoms with Gasteiger partial charge in [-0.1, -0.05) is 15.9 Å². The van der Waals surface area contributed by atoms with Gasteiger partial charge < -0.3 is 9.80 Å². The number of H-pyrrole nitrogens is 1. The normalized spacial score (nSPS) is 25.6. The Bertz CT molecular complexity index is 728. The van der Waals surface area contributed by atoms with Crippen LogP contribution in [0.1, 0.15) is 23.3 Å². The van der Waals surface area contributed by atoms with Crippen LogP contribution in [-0.2, 0) is 0 Å². The molecule has 0 spiro atoms. The summed E-state index contributed by atoms with van der Waals surface area (Å²) >= 11 is 3.45. The number of aromatic nitrogens is 2. The summed E-state index contributed by atoms with van der Waals surface area (Å²) in [6.07, 6.45) is 2.18. The molecule has 5 nitrogen and oxygen atoms in total. The van der Waals surface area contributed by atoms with Gasteiger partial charge in [0.15, 0.2) is 5.69 Å².